The van der Waals surface area contributed by atoms with E-state index in [2.05, 4.69) is 16.7 Å². The van der Waals surface area contributed by atoms with E-state index in [1.165, 1.54) is 32.1 Å². The molecule has 0 aromatic heterocycles. The number of urea groups is 1. The van der Waals surface area contributed by atoms with E-state index in [0.29, 0.717) is 12.6 Å². The van der Waals surface area contributed by atoms with Crippen molar-refractivity contribution < 1.29 is 9.53 Å². The molecule has 0 aliphatic heterocycles. The Morgan fingerprint density at radius 2 is 2.00 bits per heavy atom. The van der Waals surface area contributed by atoms with Gasteiger partial charge in [-0.15, -0.1) is 0 Å². The molecule has 4 heteroatoms. The van der Waals surface area contributed by atoms with E-state index in [1.54, 1.807) is 7.11 Å². The van der Waals surface area contributed by atoms with Gasteiger partial charge in [-0.3, -0.25) is 0 Å². The summed E-state index contributed by atoms with van der Waals surface area (Å²) >= 11 is 0. The number of hydrogen-bond donors (Lipinski definition) is 2. The molecule has 5 atom stereocenters. The molecule has 1 aromatic rings. The molecule has 2 bridgehead atoms. The van der Waals surface area contributed by atoms with Gasteiger partial charge in [-0.1, -0.05) is 24.6 Å². The molecule has 4 nitrogen and oxygen atoms in total. The summed E-state index contributed by atoms with van der Waals surface area (Å²) in [5, 5.41) is 6.28. The van der Waals surface area contributed by atoms with Crippen LogP contribution in [-0.4, -0.2) is 25.7 Å². The van der Waals surface area contributed by atoms with E-state index < -0.39 is 0 Å². The molecule has 0 heterocycles. The predicted molar refractivity (Wildman–Crippen MR) is 94.1 cm³/mol. The van der Waals surface area contributed by atoms with Crippen LogP contribution in [0.1, 0.15) is 37.7 Å². The maximum atomic E-state index is 12.3. The Morgan fingerprint density at radius 3 is 2.88 bits per heavy atom. The molecule has 3 aliphatic rings. The maximum Gasteiger partial charge on any atom is 0.315 e. The highest BCUT2D eigenvalue weighted by Gasteiger charge is 2.53. The Bertz CT molecular complexity index is 603. The van der Waals surface area contributed by atoms with Crippen LogP contribution >= 0.6 is 0 Å². The number of para-hydroxylation sites is 1. The topological polar surface area (TPSA) is 50.4 Å². The maximum absolute atomic E-state index is 12.3. The van der Waals surface area contributed by atoms with Crippen molar-refractivity contribution in [3.8, 4) is 5.75 Å². The minimum absolute atomic E-state index is 0.00278. The molecule has 130 valence electrons. The van der Waals surface area contributed by atoms with Gasteiger partial charge in [0.1, 0.15) is 5.75 Å². The average molecular weight is 328 g/mol. The van der Waals surface area contributed by atoms with E-state index >= 15 is 0 Å². The van der Waals surface area contributed by atoms with Crippen molar-refractivity contribution in [3.05, 3.63) is 29.8 Å². The van der Waals surface area contributed by atoms with E-state index in [0.717, 1.165) is 41.4 Å². The van der Waals surface area contributed by atoms with Gasteiger partial charge < -0.3 is 15.4 Å². The van der Waals surface area contributed by atoms with Gasteiger partial charge in [0.15, 0.2) is 0 Å². The molecule has 1 aromatic carbocycles. The van der Waals surface area contributed by atoms with Crippen molar-refractivity contribution in [1.29, 1.82) is 0 Å². The summed E-state index contributed by atoms with van der Waals surface area (Å²) in [5.41, 5.74) is 1.13. The van der Waals surface area contributed by atoms with Gasteiger partial charge in [0.2, 0.25) is 0 Å². The number of carbonyl (C=O) groups is 1. The lowest BCUT2D eigenvalue weighted by atomic mass is 9.79. The molecule has 0 saturated heterocycles. The number of carbonyl (C=O) groups excluding carboxylic acids is 1. The first-order chi connectivity index (χ1) is 11.8. The van der Waals surface area contributed by atoms with Gasteiger partial charge in [0, 0.05) is 12.6 Å². The normalized spacial score (nSPS) is 33.3. The van der Waals surface area contributed by atoms with E-state index in [1.807, 2.05) is 18.2 Å². The number of nitrogens with one attached hydrogen (secondary N) is 2. The van der Waals surface area contributed by atoms with Gasteiger partial charge in [-0.25, -0.2) is 4.79 Å². The van der Waals surface area contributed by atoms with Crippen molar-refractivity contribution in [2.75, 3.05) is 13.7 Å². The largest absolute Gasteiger partial charge is 0.496 e. The van der Waals surface area contributed by atoms with Crippen LogP contribution in [0.5, 0.6) is 5.75 Å². The molecule has 3 aliphatic carbocycles. The number of fused-ring (bicyclic) bond motifs is 5. The quantitative estimate of drug-likeness (QED) is 0.871. The van der Waals surface area contributed by atoms with Crippen LogP contribution < -0.4 is 15.4 Å². The Kier molecular flexibility index (Phi) is 4.38. The second kappa shape index (κ2) is 6.66. The Labute approximate surface area is 144 Å². The summed E-state index contributed by atoms with van der Waals surface area (Å²) in [7, 11) is 1.68. The second-order valence-corrected chi connectivity index (χ2v) is 7.72. The molecule has 0 unspecified atom stereocenters. The fourth-order valence-electron chi connectivity index (χ4n) is 5.67. The lowest BCUT2D eigenvalue weighted by Crippen LogP contribution is -2.47. The zero-order valence-electron chi connectivity index (χ0n) is 14.5. The summed E-state index contributed by atoms with van der Waals surface area (Å²) in [4.78, 5) is 12.3. The summed E-state index contributed by atoms with van der Waals surface area (Å²) in [6.45, 7) is 0.638. The lowest BCUT2D eigenvalue weighted by molar-refractivity contribution is 0.198. The third-order valence-electron chi connectivity index (χ3n) is 6.62. The van der Waals surface area contributed by atoms with Gasteiger partial charge in [0.05, 0.1) is 7.11 Å². The molecular weight excluding hydrogens is 300 g/mol. The first-order valence-electron chi connectivity index (χ1n) is 9.42. The SMILES string of the molecule is COc1ccccc1CCNC(=O)N[C@@H]1C[C@H]2C[C@H]1[C@@H]1CCC[C@H]21. The van der Waals surface area contributed by atoms with Crippen LogP contribution in [0.15, 0.2) is 24.3 Å². The number of rotatable bonds is 5. The average Bonchev–Trinajstić information content (AvgIpc) is 3.28. The zero-order chi connectivity index (χ0) is 16.5. The summed E-state index contributed by atoms with van der Waals surface area (Å²) in [5.74, 6) is 4.37. The fraction of sp³-hybridized carbons (Fsp3) is 0.650. The van der Waals surface area contributed by atoms with Crippen molar-refractivity contribution in [3.63, 3.8) is 0 Å². The highest BCUT2D eigenvalue weighted by Crippen LogP contribution is 2.58. The van der Waals surface area contributed by atoms with Crippen LogP contribution in [0.3, 0.4) is 0 Å². The molecule has 2 N–H and O–H groups in total. The highest BCUT2D eigenvalue weighted by atomic mass is 16.5. The van der Waals surface area contributed by atoms with E-state index in [-0.39, 0.29) is 6.03 Å². The van der Waals surface area contributed by atoms with Crippen LogP contribution in [0.4, 0.5) is 4.79 Å². The molecule has 2 amide bonds. The van der Waals surface area contributed by atoms with Crippen molar-refractivity contribution >= 4 is 6.03 Å². The molecular formula is C20H28N2O2. The lowest BCUT2D eigenvalue weighted by Gasteiger charge is -2.32. The number of benzene rings is 1. The van der Waals surface area contributed by atoms with E-state index in [4.69, 9.17) is 4.74 Å². The summed E-state index contributed by atoms with van der Waals surface area (Å²) < 4.78 is 5.36. The molecule has 3 fully saturated rings. The molecule has 4 rings (SSSR count). The van der Waals surface area contributed by atoms with Crippen LogP contribution in [0, 0.1) is 23.7 Å². The minimum atomic E-state index is -0.00278. The van der Waals surface area contributed by atoms with Crippen LogP contribution in [0.25, 0.3) is 0 Å². The molecule has 3 saturated carbocycles. The molecule has 24 heavy (non-hydrogen) atoms. The third kappa shape index (κ3) is 2.87. The highest BCUT2D eigenvalue weighted by molar-refractivity contribution is 5.74. The predicted octanol–water partition coefficient (Wildman–Crippen LogP) is 3.36. The van der Waals surface area contributed by atoms with Crippen molar-refractivity contribution in [2.45, 2.75) is 44.6 Å². The summed E-state index contributed by atoms with van der Waals surface area (Å²) in [6.07, 6.45) is 7.56. The van der Waals surface area contributed by atoms with Crippen LogP contribution in [-0.2, 0) is 6.42 Å². The monoisotopic (exact) mass is 328 g/mol. The fourth-order valence-corrected chi connectivity index (χ4v) is 5.67. The number of ether oxygens (including phenoxy) is 1. The smallest absolute Gasteiger partial charge is 0.315 e. The Morgan fingerprint density at radius 1 is 1.17 bits per heavy atom. The minimum Gasteiger partial charge on any atom is -0.496 e. The second-order valence-electron chi connectivity index (χ2n) is 7.72. The van der Waals surface area contributed by atoms with Gasteiger partial charge in [0.25, 0.3) is 0 Å². The van der Waals surface area contributed by atoms with Crippen molar-refractivity contribution in [2.24, 2.45) is 23.7 Å². The van der Waals surface area contributed by atoms with Crippen LogP contribution in [0.2, 0.25) is 0 Å². The van der Waals surface area contributed by atoms with Crippen molar-refractivity contribution in [1.82, 2.24) is 10.6 Å². The van der Waals surface area contributed by atoms with Gasteiger partial charge in [-0.05, 0) is 67.4 Å². The third-order valence-corrected chi connectivity index (χ3v) is 6.62. The summed E-state index contributed by atoms with van der Waals surface area (Å²) in [6, 6.07) is 8.38. The molecule has 0 spiro atoms. The Balaban J connectivity index is 1.25. The van der Waals surface area contributed by atoms with E-state index in [9.17, 15) is 4.79 Å². The first kappa shape index (κ1) is 15.8. The van der Waals surface area contributed by atoms with Gasteiger partial charge >= 0.3 is 6.03 Å². The number of methoxy groups -OCH3 is 1. The number of hydrogen-bond acceptors (Lipinski definition) is 2. The zero-order valence-corrected chi connectivity index (χ0v) is 14.5. The Hall–Kier alpha value is -1.71. The standard InChI is InChI=1S/C20H28N2O2/c1-24-19-8-3-2-5-13(19)9-10-21-20(23)22-18-12-14-11-17(18)16-7-4-6-15(14)16/h2-3,5,8,14-18H,4,6-7,9-12H2,1H3,(H2,21,22,23)/t14-,15-,16-,17+,18-/m1/s1. The first-order valence-corrected chi connectivity index (χ1v) is 9.42. The molecule has 0 radical (unpaired) electrons. The number of amides is 2. The van der Waals surface area contributed by atoms with Gasteiger partial charge in [-0.2, -0.15) is 0 Å².